The average molecular weight is 475 g/mol. The first kappa shape index (κ1) is 21.4. The summed E-state index contributed by atoms with van der Waals surface area (Å²) in [7, 11) is 1.77. The van der Waals surface area contributed by atoms with Crippen LogP contribution in [0.2, 0.25) is 0 Å². The minimum Gasteiger partial charge on any atom is -0.361 e. The number of hydrogen-bond donors (Lipinski definition) is 3. The molecule has 0 aliphatic carbocycles. The van der Waals surface area contributed by atoms with E-state index < -0.39 is 0 Å². The molecule has 0 saturated carbocycles. The quantitative estimate of drug-likeness (QED) is 0.313. The molecular formula is C28H22N6O2. The molecule has 0 bridgehead atoms. The number of carbonyl (C=O) groups is 2. The molecule has 3 heterocycles. The van der Waals surface area contributed by atoms with Crippen molar-refractivity contribution in [2.24, 2.45) is 0 Å². The number of aromatic amines is 2. The van der Waals surface area contributed by atoms with Crippen LogP contribution in [-0.2, 0) is 0 Å². The molecule has 36 heavy (non-hydrogen) atoms. The highest BCUT2D eigenvalue weighted by Crippen LogP contribution is 2.26. The fraction of sp³-hybridized carbons (Fsp3) is 0.0357. The average Bonchev–Trinajstić information content (AvgIpc) is 3.68. The number of benzene rings is 3. The molecule has 0 aliphatic rings. The Kier molecular flexibility index (Phi) is 5.11. The van der Waals surface area contributed by atoms with E-state index in [1.165, 1.54) is 0 Å². The monoisotopic (exact) mass is 474 g/mol. The molecule has 3 aromatic carbocycles. The van der Waals surface area contributed by atoms with Crippen LogP contribution in [0.5, 0.6) is 0 Å². The van der Waals surface area contributed by atoms with Crippen LogP contribution >= 0.6 is 0 Å². The van der Waals surface area contributed by atoms with Gasteiger partial charge in [0.05, 0.1) is 17.4 Å². The molecule has 8 nitrogen and oxygen atoms in total. The van der Waals surface area contributed by atoms with Gasteiger partial charge in [-0.15, -0.1) is 0 Å². The Labute approximate surface area is 206 Å². The van der Waals surface area contributed by atoms with Gasteiger partial charge in [0.25, 0.3) is 11.8 Å². The number of hydrogen-bond acceptors (Lipinski definition) is 3. The number of anilines is 2. The van der Waals surface area contributed by atoms with Gasteiger partial charge in [-0.05, 0) is 78.9 Å². The van der Waals surface area contributed by atoms with Crippen LogP contribution in [0.15, 0.2) is 97.5 Å². The van der Waals surface area contributed by atoms with E-state index >= 15 is 0 Å². The van der Waals surface area contributed by atoms with Gasteiger partial charge in [0, 0.05) is 52.7 Å². The molecule has 0 fully saturated rings. The second-order valence-corrected chi connectivity index (χ2v) is 8.53. The lowest BCUT2D eigenvalue weighted by atomic mass is 10.1. The van der Waals surface area contributed by atoms with Crippen molar-refractivity contribution in [1.82, 2.24) is 19.7 Å². The highest BCUT2D eigenvalue weighted by atomic mass is 16.2. The van der Waals surface area contributed by atoms with Crippen LogP contribution in [0.25, 0.3) is 27.5 Å². The third-order valence-electron chi connectivity index (χ3n) is 6.26. The molecular weight excluding hydrogens is 452 g/mol. The molecule has 0 atom stereocenters. The van der Waals surface area contributed by atoms with E-state index in [1.54, 1.807) is 36.5 Å². The summed E-state index contributed by atoms with van der Waals surface area (Å²) in [5, 5.41) is 9.33. The molecule has 3 N–H and O–H groups in total. The highest BCUT2D eigenvalue weighted by molar-refractivity contribution is 6.08. The van der Waals surface area contributed by atoms with E-state index in [-0.39, 0.29) is 11.8 Å². The van der Waals surface area contributed by atoms with Gasteiger partial charge in [0.1, 0.15) is 5.69 Å². The van der Waals surface area contributed by atoms with Crippen molar-refractivity contribution < 1.29 is 9.59 Å². The lowest BCUT2D eigenvalue weighted by molar-refractivity contribution is 0.0991. The Morgan fingerprint density at radius 1 is 0.889 bits per heavy atom. The van der Waals surface area contributed by atoms with Gasteiger partial charge in [-0.1, -0.05) is 0 Å². The van der Waals surface area contributed by atoms with Crippen molar-refractivity contribution in [2.45, 2.75) is 0 Å². The number of nitrogens with one attached hydrogen (secondary N) is 3. The Morgan fingerprint density at radius 2 is 1.75 bits per heavy atom. The second-order valence-electron chi connectivity index (χ2n) is 8.53. The van der Waals surface area contributed by atoms with Crippen LogP contribution in [0, 0.1) is 0 Å². The number of aromatic nitrogens is 4. The summed E-state index contributed by atoms with van der Waals surface area (Å²) < 4.78 is 1.83. The summed E-state index contributed by atoms with van der Waals surface area (Å²) in [4.78, 5) is 33.0. The summed E-state index contributed by atoms with van der Waals surface area (Å²) in [6.07, 6.45) is 5.35. The molecule has 3 aromatic heterocycles. The van der Waals surface area contributed by atoms with Gasteiger partial charge in [0.2, 0.25) is 0 Å². The predicted molar refractivity (Wildman–Crippen MR) is 141 cm³/mol. The van der Waals surface area contributed by atoms with E-state index in [1.807, 2.05) is 77.6 Å². The molecule has 0 spiro atoms. The lowest BCUT2D eigenvalue weighted by Crippen LogP contribution is -2.26. The van der Waals surface area contributed by atoms with E-state index in [9.17, 15) is 9.59 Å². The first-order chi connectivity index (χ1) is 17.6. The van der Waals surface area contributed by atoms with Gasteiger partial charge >= 0.3 is 0 Å². The number of rotatable bonds is 5. The highest BCUT2D eigenvalue weighted by Gasteiger charge is 2.16. The normalized spacial score (nSPS) is 11.1. The first-order valence-electron chi connectivity index (χ1n) is 11.4. The number of nitrogens with zero attached hydrogens (tertiary/aromatic N) is 3. The molecule has 0 saturated heterocycles. The van der Waals surface area contributed by atoms with Crippen LogP contribution in [0.1, 0.15) is 20.8 Å². The molecule has 0 aliphatic heterocycles. The molecule has 6 rings (SSSR count). The van der Waals surface area contributed by atoms with Crippen LogP contribution in [0.3, 0.4) is 0 Å². The Hall–Kier alpha value is -5.11. The number of amides is 2. The van der Waals surface area contributed by atoms with Crippen molar-refractivity contribution in [3.63, 3.8) is 0 Å². The summed E-state index contributed by atoms with van der Waals surface area (Å²) in [5.74, 6) is -0.279. The SMILES string of the molecule is CN(C(=O)c1ccc2[nH]ccc2c1)c1ccc2c(cnn2-c2ccc(NC(=O)c3ccc[nH]3)cc2)c1. The van der Waals surface area contributed by atoms with Crippen molar-refractivity contribution >= 4 is 45.0 Å². The van der Waals surface area contributed by atoms with E-state index in [4.69, 9.17) is 0 Å². The van der Waals surface area contributed by atoms with Crippen molar-refractivity contribution in [1.29, 1.82) is 0 Å². The fourth-order valence-electron chi connectivity index (χ4n) is 4.29. The Morgan fingerprint density at radius 3 is 2.56 bits per heavy atom. The third kappa shape index (κ3) is 3.80. The van der Waals surface area contributed by atoms with E-state index in [0.717, 1.165) is 33.2 Å². The Balaban J connectivity index is 1.22. The van der Waals surface area contributed by atoms with Crippen LogP contribution < -0.4 is 10.2 Å². The van der Waals surface area contributed by atoms with Crippen LogP contribution in [-0.4, -0.2) is 38.6 Å². The maximum absolute atomic E-state index is 13.1. The fourth-order valence-corrected chi connectivity index (χ4v) is 4.29. The minimum atomic E-state index is -0.198. The summed E-state index contributed by atoms with van der Waals surface area (Å²) in [6.45, 7) is 0. The molecule has 6 aromatic rings. The molecule has 176 valence electrons. The second kappa shape index (κ2) is 8.59. The van der Waals surface area contributed by atoms with E-state index in [0.29, 0.717) is 16.9 Å². The zero-order chi connectivity index (χ0) is 24.6. The largest absolute Gasteiger partial charge is 0.361 e. The predicted octanol–water partition coefficient (Wildman–Crippen LogP) is 5.36. The minimum absolute atomic E-state index is 0.0816. The summed E-state index contributed by atoms with van der Waals surface area (Å²) in [5.41, 5.74) is 5.37. The number of H-pyrrole nitrogens is 2. The Bertz CT molecular complexity index is 1710. The maximum Gasteiger partial charge on any atom is 0.272 e. The standard InChI is InChI=1S/C28H22N6O2/c1-33(28(36)19-4-10-24-18(15-19)12-14-30-24)23-9-11-26-20(16-23)17-31-34(26)22-7-5-21(6-8-22)32-27(35)25-3-2-13-29-25/h2-17,29-30H,1H3,(H,32,35). The van der Waals surface area contributed by atoms with Crippen molar-refractivity contribution in [2.75, 3.05) is 17.3 Å². The summed E-state index contributed by atoms with van der Waals surface area (Å²) in [6, 6.07) is 24.4. The van der Waals surface area contributed by atoms with Gasteiger partial charge in [0.15, 0.2) is 0 Å². The van der Waals surface area contributed by atoms with Crippen molar-refractivity contribution in [3.8, 4) is 5.69 Å². The molecule has 8 heteroatoms. The first-order valence-corrected chi connectivity index (χ1v) is 11.4. The lowest BCUT2D eigenvalue weighted by Gasteiger charge is -2.18. The maximum atomic E-state index is 13.1. The molecule has 0 unspecified atom stereocenters. The molecule has 2 amide bonds. The van der Waals surface area contributed by atoms with E-state index in [2.05, 4.69) is 20.4 Å². The van der Waals surface area contributed by atoms with Gasteiger partial charge in [-0.2, -0.15) is 5.10 Å². The zero-order valence-corrected chi connectivity index (χ0v) is 19.4. The van der Waals surface area contributed by atoms with Crippen LogP contribution in [0.4, 0.5) is 11.4 Å². The number of carbonyl (C=O) groups excluding carboxylic acids is 2. The van der Waals surface area contributed by atoms with Gasteiger partial charge in [-0.3, -0.25) is 9.59 Å². The van der Waals surface area contributed by atoms with Crippen molar-refractivity contribution in [3.05, 3.63) is 109 Å². The molecule has 0 radical (unpaired) electrons. The van der Waals surface area contributed by atoms with Gasteiger partial charge in [-0.25, -0.2) is 4.68 Å². The number of fused-ring (bicyclic) bond motifs is 2. The third-order valence-corrected chi connectivity index (χ3v) is 6.26. The summed E-state index contributed by atoms with van der Waals surface area (Å²) >= 11 is 0. The topological polar surface area (TPSA) is 98.8 Å². The van der Waals surface area contributed by atoms with Gasteiger partial charge < -0.3 is 20.2 Å². The smallest absolute Gasteiger partial charge is 0.272 e. The zero-order valence-electron chi connectivity index (χ0n) is 19.4.